The molecule has 0 bridgehead atoms. The van der Waals surface area contributed by atoms with Crippen molar-refractivity contribution in [3.05, 3.63) is 89.3 Å². The van der Waals surface area contributed by atoms with Crippen molar-refractivity contribution in [2.45, 2.75) is 20.5 Å². The Hall–Kier alpha value is -3.60. The molecule has 1 aromatic heterocycles. The average molecular weight is 373 g/mol. The number of benzene rings is 3. The highest BCUT2D eigenvalue weighted by molar-refractivity contribution is 5.99. The molecule has 0 radical (unpaired) electrons. The smallest absolute Gasteiger partial charge is 0.347 e. The molecular formula is C23H19NO4. The summed E-state index contributed by atoms with van der Waals surface area (Å²) >= 11 is 0. The van der Waals surface area contributed by atoms with E-state index >= 15 is 0 Å². The predicted octanol–water partition coefficient (Wildman–Crippen LogP) is 5.24. The number of esters is 1. The topological polar surface area (TPSA) is 61.6 Å². The lowest BCUT2D eigenvalue weighted by molar-refractivity contribution is 0.0730. The summed E-state index contributed by atoms with van der Waals surface area (Å²) in [4.78, 5) is 12.8. The molecule has 140 valence electrons. The lowest BCUT2D eigenvalue weighted by Crippen LogP contribution is -2.11. The van der Waals surface area contributed by atoms with Crippen molar-refractivity contribution < 1.29 is 18.8 Å². The van der Waals surface area contributed by atoms with Gasteiger partial charge in [0.25, 0.3) is 0 Å². The number of carbonyl (C=O) groups is 1. The van der Waals surface area contributed by atoms with Crippen LogP contribution in [-0.2, 0) is 6.61 Å². The van der Waals surface area contributed by atoms with Gasteiger partial charge in [-0.05, 0) is 48.9 Å². The Labute approximate surface area is 162 Å². The first-order valence-electron chi connectivity index (χ1n) is 8.96. The first kappa shape index (κ1) is 17.8. The molecule has 0 spiro atoms. The Morgan fingerprint density at radius 2 is 1.64 bits per heavy atom. The third-order valence-electron chi connectivity index (χ3n) is 4.57. The fourth-order valence-corrected chi connectivity index (χ4v) is 3.01. The van der Waals surface area contributed by atoms with Crippen LogP contribution in [0.1, 0.15) is 27.4 Å². The number of para-hydroxylation sites is 1. The molecule has 28 heavy (non-hydrogen) atoms. The maximum Gasteiger partial charge on any atom is 0.347 e. The van der Waals surface area contributed by atoms with E-state index in [9.17, 15) is 4.79 Å². The molecule has 0 amide bonds. The summed E-state index contributed by atoms with van der Waals surface area (Å²) in [5.74, 6) is 1.18. The molecule has 0 unspecified atom stereocenters. The minimum Gasteiger partial charge on any atom is -0.488 e. The number of hydrogen-bond donors (Lipinski definition) is 0. The van der Waals surface area contributed by atoms with E-state index in [-0.39, 0.29) is 6.61 Å². The summed E-state index contributed by atoms with van der Waals surface area (Å²) < 4.78 is 16.7. The van der Waals surface area contributed by atoms with Crippen molar-refractivity contribution in [3.63, 3.8) is 0 Å². The third-order valence-corrected chi connectivity index (χ3v) is 4.57. The van der Waals surface area contributed by atoms with Crippen molar-refractivity contribution in [1.29, 1.82) is 0 Å². The zero-order valence-electron chi connectivity index (χ0n) is 15.6. The summed E-state index contributed by atoms with van der Waals surface area (Å²) in [6.07, 6.45) is 0. The van der Waals surface area contributed by atoms with Gasteiger partial charge >= 0.3 is 5.97 Å². The van der Waals surface area contributed by atoms with Crippen LogP contribution in [0.15, 0.2) is 71.3 Å². The van der Waals surface area contributed by atoms with Crippen LogP contribution in [0.3, 0.4) is 0 Å². The molecule has 3 aromatic carbocycles. The number of rotatable bonds is 5. The van der Waals surface area contributed by atoms with Crippen LogP contribution < -0.4 is 9.47 Å². The van der Waals surface area contributed by atoms with Crippen molar-refractivity contribution in [1.82, 2.24) is 5.16 Å². The van der Waals surface area contributed by atoms with Gasteiger partial charge in [0, 0.05) is 0 Å². The Kier molecular flexibility index (Phi) is 4.81. The molecule has 0 aliphatic carbocycles. The van der Waals surface area contributed by atoms with Gasteiger partial charge in [-0.15, -0.1) is 0 Å². The minimum atomic E-state index is -0.467. The van der Waals surface area contributed by atoms with E-state index in [1.807, 2.05) is 62.4 Å². The van der Waals surface area contributed by atoms with Gasteiger partial charge in [0.2, 0.25) is 0 Å². The molecule has 0 saturated heterocycles. The van der Waals surface area contributed by atoms with Gasteiger partial charge in [0.1, 0.15) is 29.4 Å². The number of ether oxygens (including phenoxy) is 2. The van der Waals surface area contributed by atoms with E-state index < -0.39 is 5.97 Å². The number of nitrogens with zero attached hydrogens (tertiary/aromatic N) is 1. The van der Waals surface area contributed by atoms with Crippen LogP contribution in [-0.4, -0.2) is 11.1 Å². The van der Waals surface area contributed by atoms with E-state index in [0.29, 0.717) is 22.8 Å². The largest absolute Gasteiger partial charge is 0.488 e. The summed E-state index contributed by atoms with van der Waals surface area (Å²) in [7, 11) is 0. The zero-order chi connectivity index (χ0) is 19.5. The second-order valence-corrected chi connectivity index (χ2v) is 6.49. The molecule has 4 aromatic rings. The van der Waals surface area contributed by atoms with Crippen LogP contribution in [0.4, 0.5) is 0 Å². The monoisotopic (exact) mass is 373 g/mol. The highest BCUT2D eigenvalue weighted by atomic mass is 16.5. The molecule has 0 atom stereocenters. The van der Waals surface area contributed by atoms with E-state index in [0.717, 1.165) is 22.0 Å². The van der Waals surface area contributed by atoms with E-state index in [1.165, 1.54) is 0 Å². The lowest BCUT2D eigenvalue weighted by atomic mass is 10.1. The third kappa shape index (κ3) is 3.60. The van der Waals surface area contributed by atoms with Crippen LogP contribution >= 0.6 is 0 Å². The summed E-state index contributed by atoms with van der Waals surface area (Å²) in [5, 5.41) is 5.86. The molecule has 4 rings (SSSR count). The Morgan fingerprint density at radius 1 is 0.964 bits per heavy atom. The summed E-state index contributed by atoms with van der Waals surface area (Å²) in [6.45, 7) is 3.95. The van der Waals surface area contributed by atoms with Crippen LogP contribution in [0, 0.1) is 13.8 Å². The number of aromatic nitrogens is 1. The number of fused-ring (bicyclic) bond motifs is 1. The second kappa shape index (κ2) is 7.56. The fourth-order valence-electron chi connectivity index (χ4n) is 3.01. The fraction of sp³-hybridized carbons (Fsp3) is 0.130. The van der Waals surface area contributed by atoms with Crippen LogP contribution in [0.2, 0.25) is 0 Å². The Morgan fingerprint density at radius 3 is 2.32 bits per heavy atom. The quantitative estimate of drug-likeness (QED) is 0.353. The van der Waals surface area contributed by atoms with Gasteiger partial charge in [-0.1, -0.05) is 47.6 Å². The molecule has 0 N–H and O–H groups in total. The van der Waals surface area contributed by atoms with Crippen LogP contribution in [0.25, 0.3) is 10.8 Å². The van der Waals surface area contributed by atoms with Crippen molar-refractivity contribution in [2.24, 2.45) is 0 Å². The summed E-state index contributed by atoms with van der Waals surface area (Å²) in [6, 6.07) is 20.4. The van der Waals surface area contributed by atoms with Gasteiger partial charge in [-0.3, -0.25) is 0 Å². The SMILES string of the molecule is Cc1noc(C)c1COc1cc2ccccc2cc1C(=O)Oc1ccccc1. The van der Waals surface area contributed by atoms with E-state index in [2.05, 4.69) is 5.16 Å². The van der Waals surface area contributed by atoms with E-state index in [4.69, 9.17) is 14.0 Å². The average Bonchev–Trinajstić information content (AvgIpc) is 3.04. The standard InChI is InChI=1S/C23H19NO4/c1-15-21(16(2)28-24-15)14-26-22-13-18-9-7-6-8-17(18)12-20(22)23(25)27-19-10-4-3-5-11-19/h3-13H,14H2,1-2H3. The second-order valence-electron chi connectivity index (χ2n) is 6.49. The first-order valence-corrected chi connectivity index (χ1v) is 8.96. The Bertz CT molecular complexity index is 1110. The molecule has 0 aliphatic rings. The predicted molar refractivity (Wildman–Crippen MR) is 106 cm³/mol. The minimum absolute atomic E-state index is 0.255. The zero-order valence-corrected chi connectivity index (χ0v) is 15.6. The van der Waals surface area contributed by atoms with E-state index in [1.54, 1.807) is 18.2 Å². The summed E-state index contributed by atoms with van der Waals surface area (Å²) in [5.41, 5.74) is 2.01. The number of hydrogen-bond acceptors (Lipinski definition) is 5. The molecule has 5 nitrogen and oxygen atoms in total. The van der Waals surface area contributed by atoms with Gasteiger partial charge in [-0.2, -0.15) is 0 Å². The van der Waals surface area contributed by atoms with Crippen LogP contribution in [0.5, 0.6) is 11.5 Å². The van der Waals surface area contributed by atoms with Gasteiger partial charge in [0.15, 0.2) is 0 Å². The normalized spacial score (nSPS) is 10.8. The highest BCUT2D eigenvalue weighted by Crippen LogP contribution is 2.29. The molecule has 0 fully saturated rings. The van der Waals surface area contributed by atoms with Gasteiger partial charge in [0.05, 0.1) is 11.3 Å². The van der Waals surface area contributed by atoms with Crippen molar-refractivity contribution >= 4 is 16.7 Å². The number of carbonyl (C=O) groups excluding carboxylic acids is 1. The van der Waals surface area contributed by atoms with Gasteiger partial charge in [-0.25, -0.2) is 4.79 Å². The van der Waals surface area contributed by atoms with Crippen molar-refractivity contribution in [3.8, 4) is 11.5 Å². The number of aryl methyl sites for hydroxylation is 2. The van der Waals surface area contributed by atoms with Crippen molar-refractivity contribution in [2.75, 3.05) is 0 Å². The molecule has 1 heterocycles. The van der Waals surface area contributed by atoms with Gasteiger partial charge < -0.3 is 14.0 Å². The molecule has 5 heteroatoms. The maximum atomic E-state index is 12.8. The molecular weight excluding hydrogens is 354 g/mol. The maximum absolute atomic E-state index is 12.8. The molecule has 0 aliphatic heterocycles. The lowest BCUT2D eigenvalue weighted by Gasteiger charge is -2.13. The highest BCUT2D eigenvalue weighted by Gasteiger charge is 2.18. The molecule has 0 saturated carbocycles. The Balaban J connectivity index is 1.69. The first-order chi connectivity index (χ1) is 13.6.